The number of nitrogens with two attached hydrogens (primary N) is 1. The number of hydrogen-bond acceptors (Lipinski definition) is 3. The Morgan fingerprint density at radius 2 is 2.07 bits per heavy atom. The van der Waals surface area contributed by atoms with E-state index >= 15 is 0 Å². The van der Waals surface area contributed by atoms with Crippen LogP contribution in [0.2, 0.25) is 0 Å². The van der Waals surface area contributed by atoms with Crippen molar-refractivity contribution in [1.82, 2.24) is 4.90 Å². The summed E-state index contributed by atoms with van der Waals surface area (Å²) in [7, 11) is 1.81. The maximum absolute atomic E-state index is 5.91. The second kappa shape index (κ2) is 5.10. The van der Waals surface area contributed by atoms with Crippen LogP contribution in [0.15, 0.2) is 0 Å². The molecule has 0 amide bonds. The standard InChI is InChI=1S/C11H24N2O/c1-8-5-6-13(7-11(8)14-4)10(3)9(2)12/h8-11H,5-7,12H2,1-4H3. The van der Waals surface area contributed by atoms with Gasteiger partial charge in [-0.1, -0.05) is 6.92 Å². The molecule has 3 heteroatoms. The van der Waals surface area contributed by atoms with Crippen LogP contribution in [0.5, 0.6) is 0 Å². The second-order valence-electron chi connectivity index (χ2n) is 4.63. The summed E-state index contributed by atoms with van der Waals surface area (Å²) in [5.74, 6) is 0.677. The highest BCUT2D eigenvalue weighted by Crippen LogP contribution is 2.21. The Hall–Kier alpha value is -0.120. The van der Waals surface area contributed by atoms with Crippen LogP contribution >= 0.6 is 0 Å². The quantitative estimate of drug-likeness (QED) is 0.741. The van der Waals surface area contributed by atoms with Gasteiger partial charge in [0.15, 0.2) is 0 Å². The molecule has 84 valence electrons. The van der Waals surface area contributed by atoms with Crippen molar-refractivity contribution in [3.05, 3.63) is 0 Å². The van der Waals surface area contributed by atoms with Crippen molar-refractivity contribution < 1.29 is 4.74 Å². The van der Waals surface area contributed by atoms with Gasteiger partial charge in [0, 0.05) is 25.7 Å². The van der Waals surface area contributed by atoms with Crippen molar-refractivity contribution in [3.8, 4) is 0 Å². The van der Waals surface area contributed by atoms with E-state index < -0.39 is 0 Å². The third-order valence-corrected chi connectivity index (χ3v) is 3.56. The van der Waals surface area contributed by atoms with Crippen LogP contribution in [-0.2, 0) is 4.74 Å². The Balaban J connectivity index is 2.49. The van der Waals surface area contributed by atoms with Gasteiger partial charge in [0.2, 0.25) is 0 Å². The van der Waals surface area contributed by atoms with E-state index in [4.69, 9.17) is 10.5 Å². The number of methoxy groups -OCH3 is 1. The van der Waals surface area contributed by atoms with Gasteiger partial charge in [0.1, 0.15) is 0 Å². The summed E-state index contributed by atoms with van der Waals surface area (Å²) < 4.78 is 5.48. The molecule has 2 N–H and O–H groups in total. The van der Waals surface area contributed by atoms with Crippen molar-refractivity contribution in [2.75, 3.05) is 20.2 Å². The molecule has 3 nitrogen and oxygen atoms in total. The lowest BCUT2D eigenvalue weighted by Crippen LogP contribution is -2.52. The van der Waals surface area contributed by atoms with E-state index in [-0.39, 0.29) is 6.04 Å². The van der Waals surface area contributed by atoms with Crippen LogP contribution in [0.3, 0.4) is 0 Å². The molecule has 1 saturated heterocycles. The van der Waals surface area contributed by atoms with Crippen molar-refractivity contribution in [2.45, 2.75) is 45.4 Å². The van der Waals surface area contributed by atoms with Crippen LogP contribution in [0, 0.1) is 5.92 Å². The predicted octanol–water partition coefficient (Wildman–Crippen LogP) is 1.08. The minimum atomic E-state index is 0.237. The molecule has 0 aromatic heterocycles. The van der Waals surface area contributed by atoms with Crippen LogP contribution < -0.4 is 5.73 Å². The molecule has 0 spiro atoms. The zero-order chi connectivity index (χ0) is 10.7. The van der Waals surface area contributed by atoms with E-state index in [0.29, 0.717) is 18.1 Å². The van der Waals surface area contributed by atoms with Gasteiger partial charge in [0.25, 0.3) is 0 Å². The molecule has 1 aliphatic heterocycles. The van der Waals surface area contributed by atoms with Crippen LogP contribution in [-0.4, -0.2) is 43.3 Å². The summed E-state index contributed by atoms with van der Waals surface area (Å²) in [6.45, 7) is 8.73. The summed E-state index contributed by atoms with van der Waals surface area (Å²) in [5.41, 5.74) is 5.91. The van der Waals surface area contributed by atoms with Gasteiger partial charge in [-0.25, -0.2) is 0 Å². The van der Waals surface area contributed by atoms with Crippen LogP contribution in [0.25, 0.3) is 0 Å². The monoisotopic (exact) mass is 200 g/mol. The van der Waals surface area contributed by atoms with E-state index in [9.17, 15) is 0 Å². The molecule has 1 heterocycles. The highest BCUT2D eigenvalue weighted by Gasteiger charge is 2.29. The van der Waals surface area contributed by atoms with Crippen molar-refractivity contribution in [2.24, 2.45) is 11.7 Å². The molecule has 0 saturated carbocycles. The number of ether oxygens (including phenoxy) is 1. The Morgan fingerprint density at radius 1 is 1.43 bits per heavy atom. The number of likely N-dealkylation sites (tertiary alicyclic amines) is 1. The lowest BCUT2D eigenvalue weighted by molar-refractivity contribution is -0.0191. The molecule has 0 bridgehead atoms. The van der Waals surface area contributed by atoms with E-state index in [0.717, 1.165) is 13.1 Å². The van der Waals surface area contributed by atoms with Crippen molar-refractivity contribution in [3.63, 3.8) is 0 Å². The first-order valence-corrected chi connectivity index (χ1v) is 5.58. The zero-order valence-electron chi connectivity index (χ0n) is 9.86. The van der Waals surface area contributed by atoms with Crippen LogP contribution in [0.4, 0.5) is 0 Å². The van der Waals surface area contributed by atoms with Gasteiger partial charge >= 0.3 is 0 Å². The smallest absolute Gasteiger partial charge is 0.0724 e. The molecule has 1 rings (SSSR count). The molecular weight excluding hydrogens is 176 g/mol. The first-order valence-electron chi connectivity index (χ1n) is 5.58. The fourth-order valence-corrected chi connectivity index (χ4v) is 2.07. The topological polar surface area (TPSA) is 38.5 Å². The second-order valence-corrected chi connectivity index (χ2v) is 4.63. The summed E-state index contributed by atoms with van der Waals surface area (Å²) in [6.07, 6.45) is 1.60. The average molecular weight is 200 g/mol. The molecule has 0 aromatic rings. The molecule has 0 aliphatic carbocycles. The summed E-state index contributed by atoms with van der Waals surface area (Å²) in [5, 5.41) is 0. The fraction of sp³-hybridized carbons (Fsp3) is 1.00. The lowest BCUT2D eigenvalue weighted by Gasteiger charge is -2.40. The Bertz CT molecular complexity index is 173. The molecule has 0 aromatic carbocycles. The molecule has 1 aliphatic rings. The molecule has 0 radical (unpaired) electrons. The van der Waals surface area contributed by atoms with Crippen LogP contribution in [0.1, 0.15) is 27.2 Å². The van der Waals surface area contributed by atoms with Gasteiger partial charge in [-0.05, 0) is 32.7 Å². The SMILES string of the molecule is COC1CN(C(C)C(C)N)CCC1C. The predicted molar refractivity (Wildman–Crippen MR) is 59.3 cm³/mol. The Kier molecular flexibility index (Phi) is 4.35. The minimum Gasteiger partial charge on any atom is -0.380 e. The van der Waals surface area contributed by atoms with Gasteiger partial charge in [0.05, 0.1) is 6.10 Å². The summed E-state index contributed by atoms with van der Waals surface area (Å²) in [6, 6.07) is 0.695. The van der Waals surface area contributed by atoms with Crippen molar-refractivity contribution in [1.29, 1.82) is 0 Å². The summed E-state index contributed by atoms with van der Waals surface area (Å²) in [4.78, 5) is 2.44. The Labute approximate surface area is 87.6 Å². The third kappa shape index (κ3) is 2.69. The van der Waals surface area contributed by atoms with Gasteiger partial charge in [-0.15, -0.1) is 0 Å². The lowest BCUT2D eigenvalue weighted by atomic mass is 9.94. The Morgan fingerprint density at radius 3 is 2.57 bits per heavy atom. The zero-order valence-corrected chi connectivity index (χ0v) is 9.86. The molecule has 14 heavy (non-hydrogen) atoms. The molecule has 1 fully saturated rings. The number of piperidine rings is 1. The highest BCUT2D eigenvalue weighted by atomic mass is 16.5. The highest BCUT2D eigenvalue weighted by molar-refractivity contribution is 4.84. The van der Waals surface area contributed by atoms with Gasteiger partial charge in [-0.3, -0.25) is 4.90 Å². The van der Waals surface area contributed by atoms with Crippen molar-refractivity contribution >= 4 is 0 Å². The summed E-state index contributed by atoms with van der Waals surface area (Å²) >= 11 is 0. The first kappa shape index (κ1) is 12.0. The first-order chi connectivity index (χ1) is 6.56. The van der Waals surface area contributed by atoms with E-state index in [2.05, 4.69) is 25.7 Å². The van der Waals surface area contributed by atoms with E-state index in [1.54, 1.807) is 7.11 Å². The maximum Gasteiger partial charge on any atom is 0.0724 e. The normalized spacial score (nSPS) is 34.1. The van der Waals surface area contributed by atoms with E-state index in [1.165, 1.54) is 6.42 Å². The van der Waals surface area contributed by atoms with E-state index in [1.807, 2.05) is 0 Å². The molecule has 4 unspecified atom stereocenters. The maximum atomic E-state index is 5.91. The molecular formula is C11H24N2O. The third-order valence-electron chi connectivity index (χ3n) is 3.56. The minimum absolute atomic E-state index is 0.237. The largest absolute Gasteiger partial charge is 0.380 e. The molecule has 4 atom stereocenters. The van der Waals surface area contributed by atoms with Gasteiger partial charge < -0.3 is 10.5 Å². The fourth-order valence-electron chi connectivity index (χ4n) is 2.07. The van der Waals surface area contributed by atoms with Gasteiger partial charge in [-0.2, -0.15) is 0 Å². The average Bonchev–Trinajstić information content (AvgIpc) is 2.17. The number of hydrogen-bond donors (Lipinski definition) is 1. The number of rotatable bonds is 3. The number of nitrogens with zero attached hydrogens (tertiary/aromatic N) is 1.